The monoisotopic (exact) mass is 339 g/mol. The van der Waals surface area contributed by atoms with Gasteiger partial charge in [0.1, 0.15) is 17.1 Å². The van der Waals surface area contributed by atoms with Crippen molar-refractivity contribution < 1.29 is 18.3 Å². The van der Waals surface area contributed by atoms with Gasteiger partial charge in [-0.15, -0.1) is 0 Å². The average molecular weight is 339 g/mol. The second-order valence-electron chi connectivity index (χ2n) is 5.76. The van der Waals surface area contributed by atoms with Crippen LogP contribution in [0.2, 0.25) is 0 Å². The van der Waals surface area contributed by atoms with Gasteiger partial charge < -0.3 is 14.5 Å². The molecular formula is C20H18FNO3. The van der Waals surface area contributed by atoms with Crippen LogP contribution in [0.4, 0.5) is 10.1 Å². The summed E-state index contributed by atoms with van der Waals surface area (Å²) in [5.41, 5.74) is 3.35. The molecule has 0 radical (unpaired) electrons. The maximum Gasteiger partial charge on any atom is 0.248 e. The summed E-state index contributed by atoms with van der Waals surface area (Å²) in [6, 6.07) is 9.76. The van der Waals surface area contributed by atoms with Gasteiger partial charge in [0, 0.05) is 23.1 Å². The lowest BCUT2D eigenvalue weighted by Gasteiger charge is -2.10. The molecule has 5 heteroatoms. The Bertz CT molecular complexity index is 972. The zero-order valence-electron chi connectivity index (χ0n) is 14.2. The summed E-state index contributed by atoms with van der Waals surface area (Å²) in [5, 5.41) is 3.50. The third kappa shape index (κ3) is 3.40. The number of rotatable bonds is 4. The minimum absolute atomic E-state index is 0.143. The predicted molar refractivity (Wildman–Crippen MR) is 96.2 cm³/mol. The first-order valence-electron chi connectivity index (χ1n) is 7.79. The molecule has 0 saturated heterocycles. The van der Waals surface area contributed by atoms with Crippen LogP contribution in [0, 0.1) is 12.7 Å². The quantitative estimate of drug-likeness (QED) is 0.686. The van der Waals surface area contributed by atoms with E-state index in [0.29, 0.717) is 11.3 Å². The van der Waals surface area contributed by atoms with Crippen molar-refractivity contribution in [2.45, 2.75) is 13.8 Å². The largest absolute Gasteiger partial charge is 0.496 e. The van der Waals surface area contributed by atoms with Crippen LogP contribution >= 0.6 is 0 Å². The van der Waals surface area contributed by atoms with Crippen molar-refractivity contribution in [3.05, 3.63) is 65.7 Å². The SMILES string of the molecule is COc1cc2occ(C)c2cc1/C(C)=C/C(=O)Nc1ccccc1F. The summed E-state index contributed by atoms with van der Waals surface area (Å²) >= 11 is 0. The molecule has 128 valence electrons. The Morgan fingerprint density at radius 1 is 1.28 bits per heavy atom. The Morgan fingerprint density at radius 3 is 2.76 bits per heavy atom. The van der Waals surface area contributed by atoms with Gasteiger partial charge >= 0.3 is 0 Å². The van der Waals surface area contributed by atoms with Crippen molar-refractivity contribution in [2.24, 2.45) is 0 Å². The number of carbonyl (C=O) groups is 1. The Hall–Kier alpha value is -3.08. The third-order valence-corrected chi connectivity index (χ3v) is 3.99. The third-order valence-electron chi connectivity index (χ3n) is 3.99. The Balaban J connectivity index is 1.93. The molecule has 0 aliphatic carbocycles. The highest BCUT2D eigenvalue weighted by Gasteiger charge is 2.13. The van der Waals surface area contributed by atoms with Gasteiger partial charge in [0.15, 0.2) is 0 Å². The highest BCUT2D eigenvalue weighted by atomic mass is 19.1. The molecule has 0 saturated carbocycles. The van der Waals surface area contributed by atoms with Gasteiger partial charge in [-0.3, -0.25) is 4.79 Å². The molecule has 0 fully saturated rings. The normalized spacial score (nSPS) is 11.6. The van der Waals surface area contributed by atoms with Gasteiger partial charge in [-0.2, -0.15) is 0 Å². The molecule has 1 heterocycles. The molecule has 0 unspecified atom stereocenters. The molecule has 0 aliphatic rings. The van der Waals surface area contributed by atoms with Crippen molar-refractivity contribution in [1.29, 1.82) is 0 Å². The number of methoxy groups -OCH3 is 1. The number of fused-ring (bicyclic) bond motifs is 1. The van der Waals surface area contributed by atoms with Crippen LogP contribution in [0.3, 0.4) is 0 Å². The highest BCUT2D eigenvalue weighted by Crippen LogP contribution is 2.33. The molecule has 1 amide bonds. The van der Waals surface area contributed by atoms with Crippen LogP contribution in [0.1, 0.15) is 18.1 Å². The Labute approximate surface area is 144 Å². The highest BCUT2D eigenvalue weighted by molar-refractivity contribution is 6.04. The van der Waals surface area contributed by atoms with Crippen LogP contribution in [0.15, 0.2) is 53.2 Å². The van der Waals surface area contributed by atoms with E-state index in [4.69, 9.17) is 9.15 Å². The molecule has 0 spiro atoms. The molecule has 3 aromatic rings. The van der Waals surface area contributed by atoms with E-state index in [2.05, 4.69) is 5.32 Å². The number of allylic oxidation sites excluding steroid dienone is 1. The molecule has 0 atom stereocenters. The number of hydrogen-bond acceptors (Lipinski definition) is 3. The van der Waals surface area contributed by atoms with E-state index in [1.807, 2.05) is 13.0 Å². The van der Waals surface area contributed by atoms with Crippen LogP contribution in [0.25, 0.3) is 16.5 Å². The average Bonchev–Trinajstić information content (AvgIpc) is 2.96. The first-order valence-corrected chi connectivity index (χ1v) is 7.79. The van der Waals surface area contributed by atoms with E-state index < -0.39 is 11.7 Å². The number of anilines is 1. The maximum absolute atomic E-state index is 13.6. The Morgan fingerprint density at radius 2 is 2.04 bits per heavy atom. The molecule has 2 aromatic carbocycles. The number of ether oxygens (including phenoxy) is 1. The Kier molecular flexibility index (Phi) is 4.57. The lowest BCUT2D eigenvalue weighted by molar-refractivity contribution is -0.111. The van der Waals surface area contributed by atoms with E-state index in [9.17, 15) is 9.18 Å². The summed E-state index contributed by atoms with van der Waals surface area (Å²) in [5.74, 6) is -0.280. The molecule has 0 aliphatic heterocycles. The standard InChI is InChI=1S/C20H18FNO3/c1-12(8-20(23)22-17-7-5-4-6-16(17)21)14-9-15-13(2)11-25-19(15)10-18(14)24-3/h4-11H,1-3H3,(H,22,23)/b12-8+. The molecule has 4 nitrogen and oxygen atoms in total. The number of para-hydroxylation sites is 1. The first-order chi connectivity index (χ1) is 12.0. The van der Waals surface area contributed by atoms with Crippen molar-refractivity contribution in [1.82, 2.24) is 0 Å². The molecule has 1 aromatic heterocycles. The molecular weight excluding hydrogens is 321 g/mol. The number of nitrogens with one attached hydrogen (secondary N) is 1. The fraction of sp³-hybridized carbons (Fsp3) is 0.150. The summed E-state index contributed by atoms with van der Waals surface area (Å²) in [6.45, 7) is 3.76. The zero-order chi connectivity index (χ0) is 18.0. The number of amides is 1. The number of benzene rings is 2. The zero-order valence-corrected chi connectivity index (χ0v) is 14.2. The van der Waals surface area contributed by atoms with Gasteiger partial charge in [-0.05, 0) is 43.2 Å². The van der Waals surface area contributed by atoms with E-state index in [0.717, 1.165) is 22.1 Å². The van der Waals surface area contributed by atoms with E-state index in [-0.39, 0.29) is 5.69 Å². The van der Waals surface area contributed by atoms with Gasteiger partial charge in [0.25, 0.3) is 0 Å². The minimum Gasteiger partial charge on any atom is -0.496 e. The number of halogens is 1. The second kappa shape index (κ2) is 6.81. The summed E-state index contributed by atoms with van der Waals surface area (Å²) < 4.78 is 24.5. The van der Waals surface area contributed by atoms with Gasteiger partial charge in [0.2, 0.25) is 5.91 Å². The number of aryl methyl sites for hydroxylation is 1. The topological polar surface area (TPSA) is 51.5 Å². The number of carbonyl (C=O) groups excluding carboxylic acids is 1. The predicted octanol–water partition coefficient (Wildman–Crippen LogP) is 4.93. The smallest absolute Gasteiger partial charge is 0.248 e. The van der Waals surface area contributed by atoms with Gasteiger partial charge in [-0.25, -0.2) is 4.39 Å². The van der Waals surface area contributed by atoms with Crippen LogP contribution < -0.4 is 10.1 Å². The number of hydrogen-bond donors (Lipinski definition) is 1. The number of furan rings is 1. The second-order valence-corrected chi connectivity index (χ2v) is 5.76. The molecule has 3 rings (SSSR count). The summed E-state index contributed by atoms with van der Waals surface area (Å²) in [7, 11) is 1.56. The van der Waals surface area contributed by atoms with E-state index >= 15 is 0 Å². The van der Waals surface area contributed by atoms with Gasteiger partial charge in [0.05, 0.1) is 19.1 Å². The van der Waals surface area contributed by atoms with Crippen molar-refractivity contribution >= 4 is 28.1 Å². The van der Waals surface area contributed by atoms with Crippen LogP contribution in [-0.4, -0.2) is 13.0 Å². The lowest BCUT2D eigenvalue weighted by atomic mass is 10.0. The maximum atomic E-state index is 13.6. The lowest BCUT2D eigenvalue weighted by Crippen LogP contribution is -2.10. The minimum atomic E-state index is -0.477. The fourth-order valence-corrected chi connectivity index (χ4v) is 2.67. The van der Waals surface area contributed by atoms with Crippen molar-refractivity contribution in [3.8, 4) is 5.75 Å². The van der Waals surface area contributed by atoms with Crippen molar-refractivity contribution in [2.75, 3.05) is 12.4 Å². The molecule has 25 heavy (non-hydrogen) atoms. The summed E-state index contributed by atoms with van der Waals surface area (Å²) in [6.07, 6.45) is 3.10. The first kappa shape index (κ1) is 16.8. The molecule has 0 bridgehead atoms. The van der Waals surface area contributed by atoms with Crippen LogP contribution in [0.5, 0.6) is 5.75 Å². The molecule has 1 N–H and O–H groups in total. The van der Waals surface area contributed by atoms with E-state index in [1.165, 1.54) is 18.2 Å². The van der Waals surface area contributed by atoms with Crippen LogP contribution in [-0.2, 0) is 4.79 Å². The van der Waals surface area contributed by atoms with E-state index in [1.54, 1.807) is 38.5 Å². The van der Waals surface area contributed by atoms with Crippen molar-refractivity contribution in [3.63, 3.8) is 0 Å². The summed E-state index contributed by atoms with van der Waals surface area (Å²) in [4.78, 5) is 12.2. The van der Waals surface area contributed by atoms with Gasteiger partial charge in [-0.1, -0.05) is 12.1 Å². The fourth-order valence-electron chi connectivity index (χ4n) is 2.67.